The Bertz CT molecular complexity index is 1100. The molecule has 1 aliphatic heterocycles. The van der Waals surface area contributed by atoms with Crippen LogP contribution < -0.4 is 19.5 Å². The molecule has 2 heterocycles. The number of hydrogen-bond acceptors (Lipinski definition) is 6. The fourth-order valence-corrected chi connectivity index (χ4v) is 4.75. The zero-order valence-corrected chi connectivity index (χ0v) is 18.9. The zero-order chi connectivity index (χ0) is 22.7. The Morgan fingerprint density at radius 1 is 1.06 bits per heavy atom. The molecular weight excluding hydrogens is 428 g/mol. The highest BCUT2D eigenvalue weighted by Gasteiger charge is 2.35. The molecule has 0 unspecified atom stereocenters. The van der Waals surface area contributed by atoms with Crippen molar-refractivity contribution in [2.45, 2.75) is 19.0 Å². The van der Waals surface area contributed by atoms with E-state index < -0.39 is 0 Å². The molecule has 166 valence electrons. The number of carbonyl (C=O) groups is 2. The van der Waals surface area contributed by atoms with E-state index in [2.05, 4.69) is 5.32 Å². The first-order chi connectivity index (χ1) is 15.5. The highest BCUT2D eigenvalue weighted by molar-refractivity contribution is 7.10. The third kappa shape index (κ3) is 4.13. The molecule has 32 heavy (non-hydrogen) atoms. The maximum atomic E-state index is 13.1. The number of thiophene rings is 1. The molecule has 0 fully saturated rings. The number of methoxy groups -OCH3 is 3. The molecule has 0 saturated heterocycles. The van der Waals surface area contributed by atoms with Crippen LogP contribution in [0.5, 0.6) is 17.2 Å². The summed E-state index contributed by atoms with van der Waals surface area (Å²) in [5, 5.41) is 4.86. The van der Waals surface area contributed by atoms with Crippen LogP contribution >= 0.6 is 11.3 Å². The number of rotatable bonds is 8. The third-order valence-corrected chi connectivity index (χ3v) is 6.40. The summed E-state index contributed by atoms with van der Waals surface area (Å²) in [7, 11) is 4.56. The maximum absolute atomic E-state index is 13.1. The van der Waals surface area contributed by atoms with Crippen LogP contribution in [-0.2, 0) is 11.3 Å². The molecule has 1 N–H and O–H groups in total. The van der Waals surface area contributed by atoms with Gasteiger partial charge in [-0.05, 0) is 23.1 Å². The zero-order valence-electron chi connectivity index (χ0n) is 18.1. The molecule has 1 aromatic heterocycles. The third-order valence-electron chi connectivity index (χ3n) is 5.42. The van der Waals surface area contributed by atoms with E-state index in [1.165, 1.54) is 32.7 Å². The van der Waals surface area contributed by atoms with E-state index in [4.69, 9.17) is 14.2 Å². The first kappa shape index (κ1) is 21.7. The summed E-state index contributed by atoms with van der Waals surface area (Å²) < 4.78 is 16.1. The smallest absolute Gasteiger partial charge is 0.255 e. The molecule has 0 aliphatic carbocycles. The van der Waals surface area contributed by atoms with Crippen LogP contribution in [0.1, 0.15) is 33.3 Å². The average molecular weight is 453 g/mol. The number of amides is 2. The molecule has 3 aromatic rings. The quantitative estimate of drug-likeness (QED) is 0.545. The van der Waals surface area contributed by atoms with Gasteiger partial charge in [-0.3, -0.25) is 9.59 Å². The molecule has 0 spiro atoms. The summed E-state index contributed by atoms with van der Waals surface area (Å²) in [5.41, 5.74) is 2.19. The number of fused-ring (bicyclic) bond motifs is 1. The van der Waals surface area contributed by atoms with Crippen molar-refractivity contribution in [3.05, 3.63) is 69.9 Å². The second-order valence-electron chi connectivity index (χ2n) is 7.29. The number of anilines is 1. The highest BCUT2D eigenvalue weighted by Crippen LogP contribution is 2.40. The predicted octanol–water partition coefficient (Wildman–Crippen LogP) is 4.50. The van der Waals surface area contributed by atoms with Crippen LogP contribution in [0.2, 0.25) is 0 Å². The number of hydrogen-bond donors (Lipinski definition) is 1. The molecule has 8 heteroatoms. The lowest BCUT2D eigenvalue weighted by Gasteiger charge is -2.27. The molecule has 4 rings (SSSR count). The van der Waals surface area contributed by atoms with Gasteiger partial charge in [0, 0.05) is 34.8 Å². The van der Waals surface area contributed by atoms with Crippen molar-refractivity contribution < 1.29 is 23.8 Å². The van der Waals surface area contributed by atoms with Gasteiger partial charge in [0.15, 0.2) is 11.5 Å². The second-order valence-corrected chi connectivity index (χ2v) is 8.27. The van der Waals surface area contributed by atoms with Gasteiger partial charge >= 0.3 is 0 Å². The van der Waals surface area contributed by atoms with Crippen molar-refractivity contribution in [1.82, 2.24) is 4.90 Å². The number of nitrogens with zero attached hydrogens (tertiary/aromatic N) is 1. The van der Waals surface area contributed by atoms with Crippen LogP contribution in [0.25, 0.3) is 0 Å². The monoisotopic (exact) mass is 452 g/mol. The lowest BCUT2D eigenvalue weighted by molar-refractivity contribution is -0.117. The van der Waals surface area contributed by atoms with Gasteiger partial charge in [-0.15, -0.1) is 11.3 Å². The van der Waals surface area contributed by atoms with Crippen LogP contribution in [-0.4, -0.2) is 38.0 Å². The minimum absolute atomic E-state index is 0.0559. The summed E-state index contributed by atoms with van der Waals surface area (Å²) in [6.45, 7) is 0.481. The molecule has 1 atom stereocenters. The molecule has 0 radical (unpaired) electrons. The molecule has 2 aromatic carbocycles. The normalized spacial score (nSPS) is 13.5. The van der Waals surface area contributed by atoms with Crippen molar-refractivity contribution in [3.8, 4) is 17.2 Å². The van der Waals surface area contributed by atoms with Gasteiger partial charge in [0.1, 0.15) is 0 Å². The van der Waals surface area contributed by atoms with E-state index in [0.717, 1.165) is 10.4 Å². The summed E-state index contributed by atoms with van der Waals surface area (Å²) in [4.78, 5) is 28.8. The Morgan fingerprint density at radius 3 is 2.38 bits per heavy atom. The first-order valence-corrected chi connectivity index (χ1v) is 11.0. The predicted molar refractivity (Wildman–Crippen MR) is 123 cm³/mol. The number of benzene rings is 2. The Labute approximate surface area is 190 Å². The average Bonchev–Trinajstić information content (AvgIpc) is 3.45. The van der Waals surface area contributed by atoms with Gasteiger partial charge in [0.05, 0.1) is 33.8 Å². The SMILES string of the molecule is COc1cc(NC(=O)C[C@@H](c2cccs2)N2Cc3ccccc3C2=O)cc(OC)c1OC. The van der Waals surface area contributed by atoms with E-state index in [0.29, 0.717) is 35.0 Å². The fourth-order valence-electron chi connectivity index (χ4n) is 3.91. The van der Waals surface area contributed by atoms with E-state index in [1.807, 2.05) is 41.8 Å². The topological polar surface area (TPSA) is 77.1 Å². The Morgan fingerprint density at radius 2 is 1.78 bits per heavy atom. The Hall–Kier alpha value is -3.52. The van der Waals surface area contributed by atoms with E-state index in [9.17, 15) is 9.59 Å². The lowest BCUT2D eigenvalue weighted by atomic mass is 10.1. The number of ether oxygens (including phenoxy) is 3. The molecule has 1 aliphatic rings. The summed E-state index contributed by atoms with van der Waals surface area (Å²) in [5.74, 6) is 1.06. The van der Waals surface area contributed by atoms with Crippen molar-refractivity contribution in [1.29, 1.82) is 0 Å². The lowest BCUT2D eigenvalue weighted by Crippen LogP contribution is -2.31. The van der Waals surface area contributed by atoms with Gasteiger partial charge in [-0.2, -0.15) is 0 Å². The van der Waals surface area contributed by atoms with Gasteiger partial charge < -0.3 is 24.4 Å². The second kappa shape index (κ2) is 9.32. The van der Waals surface area contributed by atoms with Gasteiger partial charge in [-0.25, -0.2) is 0 Å². The minimum Gasteiger partial charge on any atom is -0.493 e. The van der Waals surface area contributed by atoms with Gasteiger partial charge in [-0.1, -0.05) is 24.3 Å². The van der Waals surface area contributed by atoms with E-state index in [1.54, 1.807) is 17.0 Å². The van der Waals surface area contributed by atoms with Crippen molar-refractivity contribution in [2.24, 2.45) is 0 Å². The molecule has 2 amide bonds. The molecule has 0 saturated carbocycles. The van der Waals surface area contributed by atoms with Crippen LogP contribution in [0.3, 0.4) is 0 Å². The van der Waals surface area contributed by atoms with Gasteiger partial charge in [0.25, 0.3) is 5.91 Å². The summed E-state index contributed by atoms with van der Waals surface area (Å²) in [6, 6.07) is 14.4. The summed E-state index contributed by atoms with van der Waals surface area (Å²) in [6.07, 6.45) is 0.122. The Balaban J connectivity index is 1.57. The largest absolute Gasteiger partial charge is 0.493 e. The Kier molecular flexibility index (Phi) is 6.32. The molecule has 7 nitrogen and oxygen atoms in total. The summed E-state index contributed by atoms with van der Waals surface area (Å²) >= 11 is 1.53. The van der Waals surface area contributed by atoms with Crippen molar-refractivity contribution in [3.63, 3.8) is 0 Å². The standard InChI is InChI=1S/C24H24N2O5S/c1-29-19-11-16(12-20(30-2)23(19)31-3)25-22(27)13-18(21-9-6-10-32-21)26-14-15-7-4-5-8-17(15)24(26)28/h4-12,18H,13-14H2,1-3H3,(H,25,27)/t18-/m0/s1. The molecule has 0 bridgehead atoms. The number of nitrogens with one attached hydrogen (secondary N) is 1. The first-order valence-electron chi connectivity index (χ1n) is 10.1. The fraction of sp³-hybridized carbons (Fsp3) is 0.250. The van der Waals surface area contributed by atoms with Gasteiger partial charge in [0.2, 0.25) is 11.7 Å². The van der Waals surface area contributed by atoms with Crippen molar-refractivity contribution in [2.75, 3.05) is 26.6 Å². The van der Waals surface area contributed by atoms with Crippen LogP contribution in [0.15, 0.2) is 53.9 Å². The van der Waals surface area contributed by atoms with E-state index in [-0.39, 0.29) is 24.3 Å². The van der Waals surface area contributed by atoms with E-state index >= 15 is 0 Å². The minimum atomic E-state index is -0.364. The van der Waals surface area contributed by atoms with Crippen LogP contribution in [0.4, 0.5) is 5.69 Å². The van der Waals surface area contributed by atoms with Crippen LogP contribution in [0, 0.1) is 0 Å². The number of carbonyl (C=O) groups excluding carboxylic acids is 2. The maximum Gasteiger partial charge on any atom is 0.255 e. The van der Waals surface area contributed by atoms with Crippen molar-refractivity contribution >= 4 is 28.8 Å². The molecular formula is C24H24N2O5S. The highest BCUT2D eigenvalue weighted by atomic mass is 32.1.